The van der Waals surface area contributed by atoms with Crippen molar-refractivity contribution in [2.24, 2.45) is 5.92 Å². The number of aromatic nitrogens is 4. The van der Waals surface area contributed by atoms with E-state index in [1.165, 1.54) is 29.0 Å². The molecular weight excluding hydrogens is 450 g/mol. The minimum atomic E-state index is -3.25. The average Bonchev–Trinajstić information content (AvgIpc) is 3.15. The van der Waals surface area contributed by atoms with Crippen molar-refractivity contribution in [3.8, 4) is 11.3 Å². The first kappa shape index (κ1) is 21.8. The van der Waals surface area contributed by atoms with Crippen LogP contribution in [0, 0.1) is 5.92 Å². The molecule has 1 fully saturated rings. The van der Waals surface area contributed by atoms with Crippen molar-refractivity contribution in [2.45, 2.75) is 19.3 Å². The molecule has 31 heavy (non-hydrogen) atoms. The fourth-order valence-corrected chi connectivity index (χ4v) is 4.43. The average molecular weight is 471 g/mol. The molecule has 4 heterocycles. The quantitative estimate of drug-likeness (QED) is 0.595. The number of hydrogen-bond acceptors (Lipinski definition) is 6. The van der Waals surface area contributed by atoms with Gasteiger partial charge in [-0.1, -0.05) is 11.6 Å². The lowest BCUT2D eigenvalue weighted by molar-refractivity contribution is 0.144. The minimum Gasteiger partial charge on any atom is -0.356 e. The third kappa shape index (κ3) is 4.94. The fourth-order valence-electron chi connectivity index (χ4n) is 3.69. The second-order valence-electron chi connectivity index (χ2n) is 7.57. The lowest BCUT2D eigenvalue weighted by Crippen LogP contribution is -2.41. The number of pyridine rings is 1. The van der Waals surface area contributed by atoms with E-state index in [-0.39, 0.29) is 11.6 Å². The van der Waals surface area contributed by atoms with Crippen molar-refractivity contribution in [1.82, 2.24) is 24.3 Å². The second-order valence-corrected chi connectivity index (χ2v) is 9.81. The summed E-state index contributed by atoms with van der Waals surface area (Å²) in [4.78, 5) is 10.7. The van der Waals surface area contributed by atoms with E-state index in [0.717, 1.165) is 25.6 Å². The van der Waals surface area contributed by atoms with Gasteiger partial charge in [0, 0.05) is 31.4 Å². The van der Waals surface area contributed by atoms with Crippen LogP contribution in [0.25, 0.3) is 16.9 Å². The van der Waals surface area contributed by atoms with E-state index in [9.17, 15) is 17.2 Å². The second kappa shape index (κ2) is 8.64. The molecule has 0 amide bonds. The van der Waals surface area contributed by atoms with Gasteiger partial charge in [-0.15, -0.1) is 0 Å². The topological polar surface area (TPSA) is 92.5 Å². The summed E-state index contributed by atoms with van der Waals surface area (Å²) >= 11 is 6.38. The summed E-state index contributed by atoms with van der Waals surface area (Å²) in [6.45, 7) is 1.77. The van der Waals surface area contributed by atoms with E-state index in [2.05, 4.69) is 24.7 Å². The Morgan fingerprint density at radius 2 is 2.10 bits per heavy atom. The van der Waals surface area contributed by atoms with Crippen LogP contribution in [0.15, 0.2) is 30.6 Å². The Hall–Kier alpha value is -2.37. The number of sulfonamides is 1. The summed E-state index contributed by atoms with van der Waals surface area (Å²) in [5.74, 6) is 0.818. The van der Waals surface area contributed by atoms with E-state index < -0.39 is 16.4 Å². The third-order valence-electron chi connectivity index (χ3n) is 5.20. The summed E-state index contributed by atoms with van der Waals surface area (Å²) in [6, 6.07) is 4.52. The maximum Gasteiger partial charge on any atom is 0.282 e. The van der Waals surface area contributed by atoms with Crippen molar-refractivity contribution >= 4 is 33.1 Å². The Balaban J connectivity index is 1.63. The van der Waals surface area contributed by atoms with E-state index >= 15 is 0 Å². The summed E-state index contributed by atoms with van der Waals surface area (Å²) in [7, 11) is -3.25. The number of imidazole rings is 1. The van der Waals surface area contributed by atoms with Gasteiger partial charge in [-0.25, -0.2) is 36.4 Å². The van der Waals surface area contributed by atoms with Gasteiger partial charge in [-0.2, -0.15) is 5.10 Å². The molecule has 1 aliphatic rings. The molecule has 0 saturated carbocycles. The molecule has 0 aliphatic carbocycles. The van der Waals surface area contributed by atoms with Crippen LogP contribution in [-0.2, 0) is 10.0 Å². The molecule has 8 nitrogen and oxygen atoms in total. The molecule has 0 radical (unpaired) electrons. The van der Waals surface area contributed by atoms with Crippen LogP contribution >= 0.6 is 11.6 Å². The van der Waals surface area contributed by atoms with Crippen LogP contribution in [0.2, 0.25) is 5.02 Å². The zero-order chi connectivity index (χ0) is 22.2. The molecule has 0 bridgehead atoms. The van der Waals surface area contributed by atoms with Crippen molar-refractivity contribution in [3.63, 3.8) is 0 Å². The first-order valence-corrected chi connectivity index (χ1v) is 12.0. The maximum absolute atomic E-state index is 13.1. The lowest BCUT2D eigenvalue weighted by Gasteiger charge is -2.33. The van der Waals surface area contributed by atoms with Crippen LogP contribution in [0.5, 0.6) is 0 Å². The number of hydrogen-bond donors (Lipinski definition) is 1. The summed E-state index contributed by atoms with van der Waals surface area (Å²) in [5.41, 5.74) is 1.14. The Bertz CT molecular complexity index is 1200. The van der Waals surface area contributed by atoms with Gasteiger partial charge >= 0.3 is 0 Å². The van der Waals surface area contributed by atoms with Gasteiger partial charge in [-0.05, 0) is 37.0 Å². The molecule has 1 unspecified atom stereocenters. The molecule has 166 valence electrons. The highest BCUT2D eigenvalue weighted by Crippen LogP contribution is 2.32. The predicted octanol–water partition coefficient (Wildman–Crippen LogP) is 3.15. The first-order chi connectivity index (χ1) is 14.7. The minimum absolute atomic E-state index is 0.149. The molecule has 4 rings (SSSR count). The number of anilines is 1. The smallest absolute Gasteiger partial charge is 0.282 e. The molecule has 3 aromatic rings. The number of halogens is 3. The van der Waals surface area contributed by atoms with Gasteiger partial charge in [0.1, 0.15) is 11.5 Å². The first-order valence-electron chi connectivity index (χ1n) is 9.69. The maximum atomic E-state index is 13.1. The largest absolute Gasteiger partial charge is 0.356 e. The summed E-state index contributed by atoms with van der Waals surface area (Å²) in [5, 5.41) is 4.35. The standard InChI is InChI=1S/C19H21ClF2N6O2S/c1-31(29,30)25-8-12-3-2-6-27(11-12)18-7-13(14(20)9-23-18)16-10-24-17-5-4-15(19(21)22)26-28(16)17/h4-5,7,9-10,12,19,25H,2-3,6,8,11H2,1H3. The van der Waals surface area contributed by atoms with Crippen LogP contribution in [0.4, 0.5) is 14.6 Å². The summed E-state index contributed by atoms with van der Waals surface area (Å²) in [6.07, 6.45) is 3.30. The van der Waals surface area contributed by atoms with Crippen molar-refractivity contribution < 1.29 is 17.2 Å². The Morgan fingerprint density at radius 3 is 2.84 bits per heavy atom. The molecule has 0 aromatic carbocycles. The van der Waals surface area contributed by atoms with Gasteiger partial charge in [0.2, 0.25) is 10.0 Å². The molecule has 0 spiro atoms. The zero-order valence-corrected chi connectivity index (χ0v) is 18.2. The Morgan fingerprint density at radius 1 is 1.29 bits per heavy atom. The highest BCUT2D eigenvalue weighted by atomic mass is 35.5. The molecule has 1 aliphatic heterocycles. The Labute approximate surface area is 183 Å². The van der Waals surface area contributed by atoms with Gasteiger partial charge in [0.15, 0.2) is 5.65 Å². The highest BCUT2D eigenvalue weighted by molar-refractivity contribution is 7.88. The molecule has 1 atom stereocenters. The van der Waals surface area contributed by atoms with Gasteiger partial charge < -0.3 is 4.90 Å². The predicted molar refractivity (Wildman–Crippen MR) is 114 cm³/mol. The molecule has 1 saturated heterocycles. The van der Waals surface area contributed by atoms with Crippen molar-refractivity contribution in [3.05, 3.63) is 41.3 Å². The number of nitrogens with zero attached hydrogens (tertiary/aromatic N) is 5. The SMILES string of the molecule is CS(=O)(=O)NCC1CCCN(c2cc(-c3cnc4ccc(C(F)F)nn34)c(Cl)cn2)C1. The van der Waals surface area contributed by atoms with Gasteiger partial charge in [-0.3, -0.25) is 0 Å². The van der Waals surface area contributed by atoms with Crippen LogP contribution in [-0.4, -0.2) is 53.9 Å². The normalized spacial score (nSPS) is 17.6. The number of fused-ring (bicyclic) bond motifs is 1. The monoisotopic (exact) mass is 470 g/mol. The Kier molecular flexibility index (Phi) is 6.09. The van der Waals surface area contributed by atoms with Crippen molar-refractivity contribution in [2.75, 3.05) is 30.8 Å². The highest BCUT2D eigenvalue weighted by Gasteiger charge is 2.23. The van der Waals surface area contributed by atoms with Gasteiger partial charge in [0.05, 0.1) is 23.2 Å². The number of rotatable bonds is 6. The van der Waals surface area contributed by atoms with E-state index in [1.807, 2.05) is 0 Å². The zero-order valence-electron chi connectivity index (χ0n) is 16.7. The van der Waals surface area contributed by atoms with Crippen LogP contribution < -0.4 is 9.62 Å². The number of nitrogens with one attached hydrogen (secondary N) is 1. The van der Waals surface area contributed by atoms with Crippen molar-refractivity contribution in [1.29, 1.82) is 0 Å². The number of alkyl halides is 2. The van der Waals surface area contributed by atoms with Crippen LogP contribution in [0.1, 0.15) is 25.0 Å². The molecule has 3 aromatic heterocycles. The lowest BCUT2D eigenvalue weighted by atomic mass is 9.98. The van der Waals surface area contributed by atoms with E-state index in [4.69, 9.17) is 11.6 Å². The molecular formula is C19H21ClF2N6O2S. The summed E-state index contributed by atoms with van der Waals surface area (Å²) < 4.78 is 52.9. The molecule has 1 N–H and O–H groups in total. The number of piperidine rings is 1. The van der Waals surface area contributed by atoms with Crippen LogP contribution in [0.3, 0.4) is 0 Å². The third-order valence-corrected chi connectivity index (χ3v) is 6.19. The molecule has 12 heteroatoms. The fraction of sp³-hybridized carbons (Fsp3) is 0.421. The van der Waals surface area contributed by atoms with Gasteiger partial charge in [0.25, 0.3) is 6.43 Å². The van der Waals surface area contributed by atoms with E-state index in [1.54, 1.807) is 6.07 Å². The van der Waals surface area contributed by atoms with E-state index in [0.29, 0.717) is 40.8 Å².